The van der Waals surface area contributed by atoms with Crippen molar-refractivity contribution in [1.29, 1.82) is 0 Å². The first kappa shape index (κ1) is 29.2. The van der Waals surface area contributed by atoms with E-state index < -0.39 is 33.9 Å². The lowest BCUT2D eigenvalue weighted by Crippen LogP contribution is -2.61. The summed E-state index contributed by atoms with van der Waals surface area (Å²) in [4.78, 5) is 26.3. The van der Waals surface area contributed by atoms with E-state index in [1.54, 1.807) is 0 Å². The molecule has 3 aromatic rings. The number of primary amides is 1. The summed E-state index contributed by atoms with van der Waals surface area (Å²) < 4.78 is 27.3. The van der Waals surface area contributed by atoms with Crippen LogP contribution in [-0.2, 0) is 14.8 Å². The molecule has 0 spiro atoms. The summed E-state index contributed by atoms with van der Waals surface area (Å²) in [6.07, 6.45) is 1.11. The summed E-state index contributed by atoms with van der Waals surface area (Å²) in [6.45, 7) is 2.28. The Bertz CT molecular complexity index is 1430. The molecule has 3 aromatic carbocycles. The summed E-state index contributed by atoms with van der Waals surface area (Å²) in [5.41, 5.74) is 7.60. The number of rotatable bonds is 9. The van der Waals surface area contributed by atoms with Crippen LogP contribution in [0.3, 0.4) is 0 Å². The van der Waals surface area contributed by atoms with Gasteiger partial charge in [0.25, 0.3) is 5.91 Å². The van der Waals surface area contributed by atoms with E-state index in [0.29, 0.717) is 23.1 Å². The molecule has 0 radical (unpaired) electrons. The molecule has 0 aromatic heterocycles. The fourth-order valence-electron chi connectivity index (χ4n) is 4.61. The third kappa shape index (κ3) is 6.85. The highest BCUT2D eigenvalue weighted by Crippen LogP contribution is 2.37. The summed E-state index contributed by atoms with van der Waals surface area (Å²) in [5.74, 6) is -1.30. The number of nitrogens with two attached hydrogens (primary N) is 1. The van der Waals surface area contributed by atoms with Crippen LogP contribution in [0.5, 0.6) is 0 Å². The minimum atomic E-state index is -3.76. The molecule has 2 amide bonds. The smallest absolute Gasteiger partial charge is 0.252 e. The second-order valence-electron chi connectivity index (χ2n) is 9.47. The Balaban J connectivity index is 1.63. The Labute approximate surface area is 242 Å². The predicted octanol–water partition coefficient (Wildman–Crippen LogP) is 4.49. The van der Waals surface area contributed by atoms with Gasteiger partial charge in [-0.3, -0.25) is 18.8 Å². The van der Waals surface area contributed by atoms with Crippen molar-refractivity contribution >= 4 is 62.3 Å². The molecule has 39 heavy (non-hydrogen) atoms. The Morgan fingerprint density at radius 1 is 0.923 bits per heavy atom. The first-order valence-electron chi connectivity index (χ1n) is 12.0. The highest BCUT2D eigenvalue weighted by Gasteiger charge is 2.41. The van der Waals surface area contributed by atoms with Crippen LogP contribution >= 0.6 is 34.8 Å². The second kappa shape index (κ2) is 11.7. The van der Waals surface area contributed by atoms with E-state index in [-0.39, 0.29) is 22.3 Å². The highest BCUT2D eigenvalue weighted by atomic mass is 35.5. The van der Waals surface area contributed by atoms with Crippen LogP contribution in [0.2, 0.25) is 15.1 Å². The standard InChI is InChI=1S/C27H27Cl3N4O4S/c1-16(26(31)35)32-27(36)19-11-22(30)13-23(12-19)34(39(2,37)38)24-14-33(15-24)25(17-3-7-20(28)8-4-17)18-5-9-21(29)10-6-18/h3-13,16,24-25H,14-15H2,1-2H3,(H2,31,35)(H,32,36)/t16-/m0/s1. The molecule has 0 unspecified atom stereocenters. The maximum Gasteiger partial charge on any atom is 0.252 e. The second-order valence-corrected chi connectivity index (χ2v) is 12.6. The van der Waals surface area contributed by atoms with Gasteiger partial charge in [0.15, 0.2) is 0 Å². The minimum Gasteiger partial charge on any atom is -0.368 e. The summed E-state index contributed by atoms with van der Waals surface area (Å²) in [6, 6.07) is 17.9. The van der Waals surface area contributed by atoms with Crippen LogP contribution in [0.4, 0.5) is 5.69 Å². The van der Waals surface area contributed by atoms with Crippen LogP contribution < -0.4 is 15.4 Å². The zero-order valence-corrected chi connectivity index (χ0v) is 24.2. The zero-order chi connectivity index (χ0) is 28.5. The Hall–Kier alpha value is -2.82. The monoisotopic (exact) mass is 608 g/mol. The predicted molar refractivity (Wildman–Crippen MR) is 155 cm³/mol. The number of nitrogens with one attached hydrogen (secondary N) is 1. The summed E-state index contributed by atoms with van der Waals surface area (Å²) >= 11 is 18.5. The van der Waals surface area contributed by atoms with Gasteiger partial charge in [-0.15, -0.1) is 0 Å². The number of anilines is 1. The van der Waals surface area contributed by atoms with Crippen LogP contribution in [0.25, 0.3) is 0 Å². The van der Waals surface area contributed by atoms with Gasteiger partial charge in [-0.1, -0.05) is 59.1 Å². The minimum absolute atomic E-state index is 0.107. The number of hydrogen-bond donors (Lipinski definition) is 2. The van der Waals surface area contributed by atoms with Crippen molar-refractivity contribution in [2.24, 2.45) is 5.73 Å². The van der Waals surface area contributed by atoms with Crippen LogP contribution in [0, 0.1) is 0 Å². The molecule has 206 valence electrons. The van der Waals surface area contributed by atoms with Crippen LogP contribution in [-0.4, -0.2) is 56.6 Å². The van der Waals surface area contributed by atoms with E-state index in [2.05, 4.69) is 10.2 Å². The molecule has 1 aliphatic heterocycles. The van der Waals surface area contributed by atoms with Crippen molar-refractivity contribution in [2.45, 2.75) is 25.0 Å². The van der Waals surface area contributed by atoms with Crippen molar-refractivity contribution in [3.8, 4) is 0 Å². The Morgan fingerprint density at radius 2 is 1.44 bits per heavy atom. The number of benzene rings is 3. The van der Waals surface area contributed by atoms with E-state index in [4.69, 9.17) is 40.5 Å². The normalized spacial score (nSPS) is 15.0. The lowest BCUT2D eigenvalue weighted by molar-refractivity contribution is -0.119. The maximum absolute atomic E-state index is 13.0. The third-order valence-corrected chi connectivity index (χ3v) is 8.44. The molecule has 1 aliphatic rings. The molecule has 0 saturated carbocycles. The maximum atomic E-state index is 13.0. The average Bonchev–Trinajstić information content (AvgIpc) is 2.83. The molecule has 0 aliphatic carbocycles. The van der Waals surface area contributed by atoms with Crippen molar-refractivity contribution in [1.82, 2.24) is 10.2 Å². The fourth-order valence-corrected chi connectivity index (χ4v) is 6.25. The number of halogens is 3. The van der Waals surface area contributed by atoms with Crippen LogP contribution in [0.1, 0.15) is 34.5 Å². The van der Waals surface area contributed by atoms with Gasteiger partial charge in [-0.05, 0) is 60.5 Å². The molecular weight excluding hydrogens is 583 g/mol. The molecule has 1 fully saturated rings. The van der Waals surface area contributed by atoms with Gasteiger partial charge in [-0.2, -0.15) is 0 Å². The summed E-state index contributed by atoms with van der Waals surface area (Å²) in [5, 5.41) is 3.89. The SMILES string of the molecule is C[C@H](NC(=O)c1cc(Cl)cc(N(C2CN(C(c3ccc(Cl)cc3)c3ccc(Cl)cc3)C2)S(C)(=O)=O)c1)C(N)=O. The molecule has 12 heteroatoms. The van der Waals surface area contributed by atoms with Crippen molar-refractivity contribution in [2.75, 3.05) is 23.7 Å². The van der Waals surface area contributed by atoms with Crippen molar-refractivity contribution in [3.63, 3.8) is 0 Å². The Kier molecular flexibility index (Phi) is 8.78. The van der Waals surface area contributed by atoms with Crippen molar-refractivity contribution in [3.05, 3.63) is 98.5 Å². The van der Waals surface area contributed by atoms with E-state index in [9.17, 15) is 18.0 Å². The van der Waals surface area contributed by atoms with Crippen molar-refractivity contribution < 1.29 is 18.0 Å². The number of amides is 2. The molecule has 4 rings (SSSR count). The fraction of sp³-hybridized carbons (Fsp3) is 0.259. The largest absolute Gasteiger partial charge is 0.368 e. The van der Waals surface area contributed by atoms with E-state index >= 15 is 0 Å². The topological polar surface area (TPSA) is 113 Å². The highest BCUT2D eigenvalue weighted by molar-refractivity contribution is 7.92. The summed E-state index contributed by atoms with van der Waals surface area (Å²) in [7, 11) is -3.76. The van der Waals surface area contributed by atoms with E-state index in [0.717, 1.165) is 17.4 Å². The van der Waals surface area contributed by atoms with Crippen LogP contribution in [0.15, 0.2) is 66.7 Å². The number of sulfonamides is 1. The first-order valence-corrected chi connectivity index (χ1v) is 15.0. The molecular formula is C27H27Cl3N4O4S. The van der Waals surface area contributed by atoms with Gasteiger partial charge in [-0.25, -0.2) is 8.42 Å². The van der Waals surface area contributed by atoms with E-state index in [1.807, 2.05) is 48.5 Å². The Morgan fingerprint density at radius 3 is 1.90 bits per heavy atom. The molecule has 3 N–H and O–H groups in total. The van der Waals surface area contributed by atoms with E-state index in [1.165, 1.54) is 29.4 Å². The molecule has 1 atom stereocenters. The quantitative estimate of drug-likeness (QED) is 0.371. The number of likely N-dealkylation sites (tertiary alicyclic amines) is 1. The van der Waals surface area contributed by atoms with Gasteiger partial charge in [0.2, 0.25) is 15.9 Å². The van der Waals surface area contributed by atoms with Gasteiger partial charge in [0.05, 0.1) is 24.0 Å². The van der Waals surface area contributed by atoms with Gasteiger partial charge >= 0.3 is 0 Å². The number of nitrogens with zero attached hydrogens (tertiary/aromatic N) is 2. The number of hydrogen-bond acceptors (Lipinski definition) is 5. The lowest BCUT2D eigenvalue weighted by atomic mass is 9.93. The zero-order valence-electron chi connectivity index (χ0n) is 21.1. The van der Waals surface area contributed by atoms with Gasteiger partial charge < -0.3 is 11.1 Å². The molecule has 1 saturated heterocycles. The van der Waals surface area contributed by atoms with Gasteiger partial charge in [0, 0.05) is 33.7 Å². The third-order valence-electron chi connectivity index (χ3n) is 6.49. The number of carbonyl (C=O) groups excluding carboxylic acids is 2. The molecule has 0 bridgehead atoms. The van der Waals surface area contributed by atoms with Gasteiger partial charge in [0.1, 0.15) is 6.04 Å². The molecule has 1 heterocycles. The lowest BCUT2D eigenvalue weighted by Gasteiger charge is -2.48. The average molecular weight is 610 g/mol. The first-order chi connectivity index (χ1) is 18.3. The molecule has 8 nitrogen and oxygen atoms in total. The number of carbonyl (C=O) groups is 2.